The highest BCUT2D eigenvalue weighted by Crippen LogP contribution is 2.20. The second-order valence-electron chi connectivity index (χ2n) is 5.72. The van der Waals surface area contributed by atoms with Crippen LogP contribution in [-0.2, 0) is 0 Å². The summed E-state index contributed by atoms with van der Waals surface area (Å²) in [4.78, 5) is 4.38. The van der Waals surface area contributed by atoms with E-state index in [1.807, 2.05) is 19.1 Å². The number of unbranched alkanes of at least 4 members (excludes halogenated alkanes) is 3. The van der Waals surface area contributed by atoms with Crippen LogP contribution < -0.4 is 5.32 Å². The largest absolute Gasteiger partial charge is 0.383 e. The maximum atomic E-state index is 4.38. The lowest BCUT2D eigenvalue weighted by molar-refractivity contribution is 0.594. The van der Waals surface area contributed by atoms with E-state index in [1.165, 1.54) is 32.1 Å². The minimum Gasteiger partial charge on any atom is -0.383 e. The average molecular weight is 286 g/mol. The van der Waals surface area contributed by atoms with Gasteiger partial charge in [0.1, 0.15) is 5.82 Å². The van der Waals surface area contributed by atoms with Crippen molar-refractivity contribution in [3.05, 3.63) is 30.1 Å². The van der Waals surface area contributed by atoms with Gasteiger partial charge in [-0.1, -0.05) is 44.7 Å². The van der Waals surface area contributed by atoms with Gasteiger partial charge < -0.3 is 5.32 Å². The summed E-state index contributed by atoms with van der Waals surface area (Å²) in [5, 5.41) is 10.7. The number of anilines is 1. The maximum absolute atomic E-state index is 4.38. The van der Waals surface area contributed by atoms with E-state index in [0.29, 0.717) is 6.04 Å². The van der Waals surface area contributed by atoms with Crippen molar-refractivity contribution in [2.75, 3.05) is 5.32 Å². The van der Waals surface area contributed by atoms with Gasteiger partial charge in [-0.3, -0.25) is 5.10 Å². The zero-order valence-electron chi connectivity index (χ0n) is 13.3. The van der Waals surface area contributed by atoms with E-state index >= 15 is 0 Å². The molecule has 2 N–H and O–H groups in total. The van der Waals surface area contributed by atoms with Gasteiger partial charge in [-0.2, -0.15) is 5.10 Å². The summed E-state index contributed by atoms with van der Waals surface area (Å²) in [5.41, 5.74) is 2.18. The molecule has 114 valence electrons. The van der Waals surface area contributed by atoms with Gasteiger partial charge in [-0.25, -0.2) is 4.98 Å². The number of aromatic amines is 1. The predicted octanol–water partition coefficient (Wildman–Crippen LogP) is 4.55. The molecule has 4 nitrogen and oxygen atoms in total. The van der Waals surface area contributed by atoms with Crippen molar-refractivity contribution in [1.82, 2.24) is 15.2 Å². The first-order valence-corrected chi connectivity index (χ1v) is 7.95. The molecule has 2 rings (SSSR count). The van der Waals surface area contributed by atoms with Gasteiger partial charge in [0.05, 0.1) is 0 Å². The van der Waals surface area contributed by atoms with Crippen molar-refractivity contribution in [1.29, 1.82) is 0 Å². The molecular weight excluding hydrogens is 260 g/mol. The van der Waals surface area contributed by atoms with E-state index in [4.69, 9.17) is 0 Å². The Kier molecular flexibility index (Phi) is 5.78. The number of benzene rings is 1. The third kappa shape index (κ3) is 4.88. The minimum absolute atomic E-state index is 0.492. The molecule has 4 heteroatoms. The number of nitrogens with zero attached hydrogens (tertiary/aromatic N) is 2. The summed E-state index contributed by atoms with van der Waals surface area (Å²) in [5.74, 6) is 1.60. The van der Waals surface area contributed by atoms with Crippen molar-refractivity contribution >= 4 is 5.69 Å². The Balaban J connectivity index is 1.92. The molecule has 0 aliphatic carbocycles. The first-order chi connectivity index (χ1) is 10.2. The SMILES string of the molecule is CCCCCCC(C)Nc1cccc(-c2n[nH]c(C)n2)c1. The molecule has 0 aliphatic rings. The first kappa shape index (κ1) is 15.5. The lowest BCUT2D eigenvalue weighted by Crippen LogP contribution is -2.14. The van der Waals surface area contributed by atoms with Crippen molar-refractivity contribution in [3.63, 3.8) is 0 Å². The zero-order valence-corrected chi connectivity index (χ0v) is 13.3. The molecule has 0 amide bonds. The highest BCUT2D eigenvalue weighted by molar-refractivity contribution is 5.62. The molecule has 1 unspecified atom stereocenters. The number of nitrogens with one attached hydrogen (secondary N) is 2. The Morgan fingerprint density at radius 2 is 2.10 bits per heavy atom. The van der Waals surface area contributed by atoms with E-state index in [9.17, 15) is 0 Å². The molecule has 1 atom stereocenters. The molecule has 0 radical (unpaired) electrons. The fourth-order valence-corrected chi connectivity index (χ4v) is 2.45. The van der Waals surface area contributed by atoms with Gasteiger partial charge in [0, 0.05) is 17.3 Å². The number of H-pyrrole nitrogens is 1. The average Bonchev–Trinajstić information content (AvgIpc) is 2.91. The van der Waals surface area contributed by atoms with Crippen LogP contribution >= 0.6 is 0 Å². The van der Waals surface area contributed by atoms with Crippen LogP contribution in [0.3, 0.4) is 0 Å². The lowest BCUT2D eigenvalue weighted by atomic mass is 10.1. The summed E-state index contributed by atoms with van der Waals surface area (Å²) < 4.78 is 0. The number of hydrogen-bond donors (Lipinski definition) is 2. The molecule has 0 saturated heterocycles. The Morgan fingerprint density at radius 3 is 2.81 bits per heavy atom. The second kappa shape index (κ2) is 7.81. The summed E-state index contributed by atoms with van der Waals surface area (Å²) >= 11 is 0. The van der Waals surface area contributed by atoms with Crippen LogP contribution in [-0.4, -0.2) is 21.2 Å². The van der Waals surface area contributed by atoms with Gasteiger partial charge in [-0.15, -0.1) is 0 Å². The third-order valence-corrected chi connectivity index (χ3v) is 3.62. The predicted molar refractivity (Wildman–Crippen MR) is 88.4 cm³/mol. The summed E-state index contributed by atoms with van der Waals surface area (Å²) in [6, 6.07) is 8.80. The summed E-state index contributed by atoms with van der Waals surface area (Å²) in [6.45, 7) is 6.41. The highest BCUT2D eigenvalue weighted by atomic mass is 15.2. The molecule has 0 aliphatic heterocycles. The van der Waals surface area contributed by atoms with Crippen molar-refractivity contribution in [2.24, 2.45) is 0 Å². The van der Waals surface area contributed by atoms with E-state index < -0.39 is 0 Å². The topological polar surface area (TPSA) is 53.6 Å². The lowest BCUT2D eigenvalue weighted by Gasteiger charge is -2.15. The normalized spacial score (nSPS) is 12.3. The van der Waals surface area contributed by atoms with Gasteiger partial charge in [0.15, 0.2) is 5.82 Å². The molecule has 0 bridgehead atoms. The highest BCUT2D eigenvalue weighted by Gasteiger charge is 2.06. The fourth-order valence-electron chi connectivity index (χ4n) is 2.45. The molecule has 21 heavy (non-hydrogen) atoms. The summed E-state index contributed by atoms with van der Waals surface area (Å²) in [7, 11) is 0. The maximum Gasteiger partial charge on any atom is 0.181 e. The van der Waals surface area contributed by atoms with Gasteiger partial charge in [0.2, 0.25) is 0 Å². The van der Waals surface area contributed by atoms with Gasteiger partial charge in [0.25, 0.3) is 0 Å². The second-order valence-corrected chi connectivity index (χ2v) is 5.72. The number of rotatable bonds is 8. The van der Waals surface area contributed by atoms with E-state index in [1.54, 1.807) is 0 Å². The van der Waals surface area contributed by atoms with Crippen LogP contribution in [0.1, 0.15) is 51.8 Å². The molecule has 0 spiro atoms. The van der Waals surface area contributed by atoms with Crippen LogP contribution in [0.2, 0.25) is 0 Å². The van der Waals surface area contributed by atoms with Crippen LogP contribution in [0, 0.1) is 6.92 Å². The monoisotopic (exact) mass is 286 g/mol. The fraction of sp³-hybridized carbons (Fsp3) is 0.529. The Bertz CT molecular complexity index is 547. The van der Waals surface area contributed by atoms with Crippen LogP contribution in [0.4, 0.5) is 5.69 Å². The quantitative estimate of drug-likeness (QED) is 0.700. The van der Waals surface area contributed by atoms with Crippen molar-refractivity contribution in [2.45, 2.75) is 58.9 Å². The van der Waals surface area contributed by atoms with Crippen LogP contribution in [0.15, 0.2) is 24.3 Å². The molecular formula is C17H26N4. The van der Waals surface area contributed by atoms with Crippen LogP contribution in [0.25, 0.3) is 11.4 Å². The zero-order chi connectivity index (χ0) is 15.1. The molecule has 0 saturated carbocycles. The van der Waals surface area contributed by atoms with Gasteiger partial charge >= 0.3 is 0 Å². The van der Waals surface area contributed by atoms with E-state index in [-0.39, 0.29) is 0 Å². The smallest absolute Gasteiger partial charge is 0.181 e. The number of aromatic nitrogens is 3. The minimum atomic E-state index is 0.492. The standard InChI is InChI=1S/C17H26N4/c1-4-5-6-7-9-13(2)18-16-11-8-10-15(12-16)17-19-14(3)20-21-17/h8,10-13,18H,4-7,9H2,1-3H3,(H,19,20,21). The Morgan fingerprint density at radius 1 is 1.24 bits per heavy atom. The summed E-state index contributed by atoms with van der Waals surface area (Å²) in [6.07, 6.45) is 6.47. The third-order valence-electron chi connectivity index (χ3n) is 3.62. The van der Waals surface area contributed by atoms with Crippen molar-refractivity contribution in [3.8, 4) is 11.4 Å². The van der Waals surface area contributed by atoms with Crippen molar-refractivity contribution < 1.29 is 0 Å². The molecule has 2 aromatic rings. The first-order valence-electron chi connectivity index (χ1n) is 7.95. The molecule has 1 aromatic heterocycles. The van der Waals surface area contributed by atoms with E-state index in [2.05, 4.69) is 46.5 Å². The Hall–Kier alpha value is -1.84. The number of aryl methyl sites for hydroxylation is 1. The Labute approximate surface area is 127 Å². The molecule has 1 heterocycles. The number of hydrogen-bond acceptors (Lipinski definition) is 3. The molecule has 1 aromatic carbocycles. The van der Waals surface area contributed by atoms with E-state index in [0.717, 1.165) is 22.9 Å². The van der Waals surface area contributed by atoms with Crippen LogP contribution in [0.5, 0.6) is 0 Å². The van der Waals surface area contributed by atoms with Gasteiger partial charge in [-0.05, 0) is 32.4 Å². The molecule has 0 fully saturated rings.